The molecular formula is C25H22F2N6O. The number of alkyl halides is 2. The predicted molar refractivity (Wildman–Crippen MR) is 128 cm³/mol. The lowest BCUT2D eigenvalue weighted by atomic mass is 10.1. The van der Waals surface area contributed by atoms with Gasteiger partial charge in [-0.2, -0.15) is 5.10 Å². The van der Waals surface area contributed by atoms with E-state index in [1.165, 1.54) is 11.0 Å². The van der Waals surface area contributed by atoms with Gasteiger partial charge in [0.25, 0.3) is 12.0 Å². The van der Waals surface area contributed by atoms with Crippen LogP contribution >= 0.6 is 0 Å². The van der Waals surface area contributed by atoms with Gasteiger partial charge in [-0.05, 0) is 42.5 Å². The van der Waals surface area contributed by atoms with Crippen molar-refractivity contribution < 1.29 is 8.78 Å². The quantitative estimate of drug-likeness (QED) is 0.409. The summed E-state index contributed by atoms with van der Waals surface area (Å²) >= 11 is 0. The van der Waals surface area contributed by atoms with Crippen molar-refractivity contribution >= 4 is 27.6 Å². The molecule has 34 heavy (non-hydrogen) atoms. The number of para-hydroxylation sites is 1. The molecule has 7 nitrogen and oxygen atoms in total. The minimum absolute atomic E-state index is 0.0663. The first-order valence-electron chi connectivity index (χ1n) is 10.8. The Bertz CT molecular complexity index is 1610. The van der Waals surface area contributed by atoms with Crippen LogP contribution in [0.2, 0.25) is 0 Å². The molecule has 0 spiro atoms. The fourth-order valence-corrected chi connectivity index (χ4v) is 4.43. The van der Waals surface area contributed by atoms with Crippen LogP contribution in [0.1, 0.15) is 28.9 Å². The van der Waals surface area contributed by atoms with Crippen molar-refractivity contribution in [2.45, 2.75) is 26.8 Å². The Kier molecular flexibility index (Phi) is 5.31. The summed E-state index contributed by atoms with van der Waals surface area (Å²) in [6.45, 7) is 3.90. The summed E-state index contributed by atoms with van der Waals surface area (Å²) in [6, 6.07) is 15.2. The lowest BCUT2D eigenvalue weighted by Gasteiger charge is -2.17. The van der Waals surface area contributed by atoms with Crippen molar-refractivity contribution in [3.05, 3.63) is 87.7 Å². The van der Waals surface area contributed by atoms with Gasteiger partial charge < -0.3 is 5.32 Å². The van der Waals surface area contributed by atoms with Crippen LogP contribution in [0.3, 0.4) is 0 Å². The Morgan fingerprint density at radius 2 is 1.76 bits per heavy atom. The highest BCUT2D eigenvalue weighted by Crippen LogP contribution is 2.31. The molecule has 172 valence electrons. The summed E-state index contributed by atoms with van der Waals surface area (Å²) < 4.78 is 30.8. The van der Waals surface area contributed by atoms with E-state index < -0.39 is 12.1 Å². The van der Waals surface area contributed by atoms with Gasteiger partial charge in [-0.25, -0.2) is 23.4 Å². The van der Waals surface area contributed by atoms with Gasteiger partial charge >= 0.3 is 0 Å². The van der Waals surface area contributed by atoms with Crippen LogP contribution in [0.25, 0.3) is 27.5 Å². The molecule has 3 aromatic heterocycles. The molecule has 0 bridgehead atoms. The average molecular weight is 460 g/mol. The van der Waals surface area contributed by atoms with Gasteiger partial charge in [0.15, 0.2) is 5.65 Å². The first-order chi connectivity index (χ1) is 16.4. The number of fused-ring (bicyclic) bond motifs is 2. The maximum atomic E-state index is 13.9. The Labute approximate surface area is 193 Å². The van der Waals surface area contributed by atoms with E-state index in [2.05, 4.69) is 20.4 Å². The summed E-state index contributed by atoms with van der Waals surface area (Å²) in [7, 11) is 1.61. The third-order valence-corrected chi connectivity index (χ3v) is 6.00. The Morgan fingerprint density at radius 3 is 2.50 bits per heavy atom. The third-order valence-electron chi connectivity index (χ3n) is 6.00. The second-order valence-electron chi connectivity index (χ2n) is 8.12. The van der Waals surface area contributed by atoms with Crippen LogP contribution in [0, 0.1) is 13.8 Å². The highest BCUT2D eigenvalue weighted by atomic mass is 19.3. The zero-order chi connectivity index (χ0) is 24.0. The van der Waals surface area contributed by atoms with Crippen molar-refractivity contribution in [1.29, 1.82) is 0 Å². The SMILES string of the molecule is CNc1ncnc2c1c(C(F)F)nn2Cc1cc2cccc(C)c2c(=O)n1-c1ccccc1C. The first kappa shape index (κ1) is 21.7. The van der Waals surface area contributed by atoms with Crippen LogP contribution in [-0.4, -0.2) is 31.4 Å². The van der Waals surface area contributed by atoms with E-state index in [-0.39, 0.29) is 29.0 Å². The highest BCUT2D eigenvalue weighted by molar-refractivity contribution is 5.89. The molecule has 0 saturated heterocycles. The maximum Gasteiger partial charge on any atom is 0.282 e. The van der Waals surface area contributed by atoms with E-state index in [1.807, 2.05) is 62.4 Å². The van der Waals surface area contributed by atoms with Gasteiger partial charge in [-0.1, -0.05) is 36.4 Å². The lowest BCUT2D eigenvalue weighted by molar-refractivity contribution is 0.146. The number of benzene rings is 2. The van der Waals surface area contributed by atoms with Crippen LogP contribution < -0.4 is 10.9 Å². The number of halogens is 2. The van der Waals surface area contributed by atoms with Gasteiger partial charge in [0.1, 0.15) is 17.8 Å². The topological polar surface area (TPSA) is 77.6 Å². The van der Waals surface area contributed by atoms with Crippen molar-refractivity contribution in [3.8, 4) is 5.69 Å². The fraction of sp³-hybridized carbons (Fsp3) is 0.200. The molecule has 5 rings (SSSR count). The minimum atomic E-state index is -2.81. The number of aromatic nitrogens is 5. The fourth-order valence-electron chi connectivity index (χ4n) is 4.43. The summed E-state index contributed by atoms with van der Waals surface area (Å²) in [5.74, 6) is 0.275. The number of anilines is 1. The molecule has 0 unspecified atom stereocenters. The molecule has 3 heterocycles. The molecule has 0 aliphatic carbocycles. The first-order valence-corrected chi connectivity index (χ1v) is 10.8. The molecule has 0 fully saturated rings. The number of nitrogens with one attached hydrogen (secondary N) is 1. The highest BCUT2D eigenvalue weighted by Gasteiger charge is 2.24. The molecule has 0 aliphatic rings. The second kappa shape index (κ2) is 8.33. The molecular weight excluding hydrogens is 438 g/mol. The summed E-state index contributed by atoms with van der Waals surface area (Å²) in [5, 5.41) is 8.58. The van der Waals surface area contributed by atoms with E-state index in [0.717, 1.165) is 22.2 Å². The van der Waals surface area contributed by atoms with Crippen LogP contribution in [0.4, 0.5) is 14.6 Å². The van der Waals surface area contributed by atoms with Gasteiger partial charge in [0.2, 0.25) is 0 Å². The van der Waals surface area contributed by atoms with Crippen molar-refractivity contribution in [2.24, 2.45) is 0 Å². The lowest BCUT2D eigenvalue weighted by Crippen LogP contribution is -2.25. The summed E-state index contributed by atoms with van der Waals surface area (Å²) in [5.41, 5.74) is 2.81. The Balaban J connectivity index is 1.81. The number of pyridine rings is 1. The maximum absolute atomic E-state index is 13.9. The molecule has 1 N–H and O–H groups in total. The monoisotopic (exact) mass is 460 g/mol. The molecule has 0 aliphatic heterocycles. The molecule has 2 aromatic carbocycles. The average Bonchev–Trinajstić information content (AvgIpc) is 3.19. The molecule has 0 amide bonds. The number of aryl methyl sites for hydroxylation is 2. The zero-order valence-corrected chi connectivity index (χ0v) is 18.9. The van der Waals surface area contributed by atoms with Crippen molar-refractivity contribution in [1.82, 2.24) is 24.3 Å². The summed E-state index contributed by atoms with van der Waals surface area (Å²) in [4.78, 5) is 22.1. The van der Waals surface area contributed by atoms with E-state index in [9.17, 15) is 13.6 Å². The normalized spacial score (nSPS) is 11.6. The summed E-state index contributed by atoms with van der Waals surface area (Å²) in [6.07, 6.45) is -1.50. The van der Waals surface area contributed by atoms with Crippen LogP contribution in [0.15, 0.2) is 59.7 Å². The molecule has 0 saturated carbocycles. The van der Waals surface area contributed by atoms with Gasteiger partial charge in [0.05, 0.1) is 23.0 Å². The van der Waals surface area contributed by atoms with Crippen LogP contribution in [0.5, 0.6) is 0 Å². The smallest absolute Gasteiger partial charge is 0.282 e. The molecule has 0 radical (unpaired) electrons. The van der Waals surface area contributed by atoms with Crippen molar-refractivity contribution in [3.63, 3.8) is 0 Å². The third kappa shape index (κ3) is 3.40. The number of nitrogens with zero attached hydrogens (tertiary/aromatic N) is 5. The number of hydrogen-bond donors (Lipinski definition) is 1. The van der Waals surface area contributed by atoms with Gasteiger partial charge in [-0.15, -0.1) is 0 Å². The second-order valence-corrected chi connectivity index (χ2v) is 8.12. The molecule has 0 atom stereocenters. The molecule has 9 heteroatoms. The van der Waals surface area contributed by atoms with Crippen molar-refractivity contribution in [2.75, 3.05) is 12.4 Å². The minimum Gasteiger partial charge on any atom is -0.372 e. The van der Waals surface area contributed by atoms with Gasteiger partial charge in [-0.3, -0.25) is 9.36 Å². The number of hydrogen-bond acceptors (Lipinski definition) is 5. The van der Waals surface area contributed by atoms with E-state index in [1.54, 1.807) is 11.6 Å². The Hall–Kier alpha value is -4.14. The van der Waals surface area contributed by atoms with Crippen LogP contribution in [-0.2, 0) is 6.54 Å². The predicted octanol–water partition coefficient (Wildman–Crippen LogP) is 4.77. The molecule has 5 aromatic rings. The van der Waals surface area contributed by atoms with Gasteiger partial charge in [0, 0.05) is 12.7 Å². The number of rotatable bonds is 5. The Morgan fingerprint density at radius 1 is 1.00 bits per heavy atom. The largest absolute Gasteiger partial charge is 0.372 e. The zero-order valence-electron chi connectivity index (χ0n) is 18.9. The van der Waals surface area contributed by atoms with E-state index in [4.69, 9.17) is 0 Å². The van der Waals surface area contributed by atoms with E-state index >= 15 is 0 Å². The van der Waals surface area contributed by atoms with E-state index in [0.29, 0.717) is 11.1 Å². The standard InChI is InChI=1S/C25H22F2N6O/c1-14-7-4-5-10-18(14)33-17(11-16-9-6-8-15(2)19(16)25(33)34)12-32-24-20(21(31-32)22(26)27)23(28-3)29-13-30-24/h4-11,13,22H,12H2,1-3H3,(H,28,29,30).